The predicted molar refractivity (Wildman–Crippen MR) is 96.0 cm³/mol. The van der Waals surface area contributed by atoms with Gasteiger partial charge in [-0.1, -0.05) is 42.5 Å². The molecule has 0 spiro atoms. The first-order valence-corrected chi connectivity index (χ1v) is 8.48. The van der Waals surface area contributed by atoms with Gasteiger partial charge in [0.2, 0.25) is 5.91 Å². The first kappa shape index (κ1) is 15.4. The van der Waals surface area contributed by atoms with Crippen LogP contribution in [0.2, 0.25) is 0 Å². The van der Waals surface area contributed by atoms with Gasteiger partial charge in [-0.15, -0.1) is 0 Å². The number of benzene rings is 2. The zero-order valence-corrected chi connectivity index (χ0v) is 13.7. The zero-order chi connectivity index (χ0) is 17.2. The van der Waals surface area contributed by atoms with Crippen LogP contribution >= 0.6 is 0 Å². The van der Waals surface area contributed by atoms with Crippen molar-refractivity contribution in [2.45, 2.75) is 25.2 Å². The number of aromatic nitrogens is 1. The number of carbonyl (C=O) groups excluding carboxylic acids is 2. The van der Waals surface area contributed by atoms with Crippen LogP contribution in [0.25, 0.3) is 10.9 Å². The Morgan fingerprint density at radius 3 is 2.72 bits per heavy atom. The van der Waals surface area contributed by atoms with Crippen LogP contribution in [0.15, 0.2) is 54.7 Å². The standard InChI is InChI=1S/C20H19N3O2/c24-19(16-10-5-7-13-6-1-2-8-14(13)16)22-23-20(25)17-12-21-18-11-4-3-9-15(17)18/h1-4,6,8-9,11-12,16,21H,5,7,10H2,(H,22,24)(H,23,25). The van der Waals surface area contributed by atoms with E-state index in [2.05, 4.69) is 21.9 Å². The van der Waals surface area contributed by atoms with Gasteiger partial charge < -0.3 is 4.98 Å². The number of hydrogen-bond acceptors (Lipinski definition) is 2. The lowest BCUT2D eigenvalue weighted by Gasteiger charge is -2.24. The second-order valence-electron chi connectivity index (χ2n) is 6.33. The lowest BCUT2D eigenvalue weighted by Crippen LogP contribution is -2.44. The molecule has 1 atom stereocenters. The molecule has 3 aromatic rings. The Bertz CT molecular complexity index is 945. The number of para-hydroxylation sites is 1. The summed E-state index contributed by atoms with van der Waals surface area (Å²) < 4.78 is 0. The second-order valence-corrected chi connectivity index (χ2v) is 6.33. The number of nitrogens with one attached hydrogen (secondary N) is 3. The number of carbonyl (C=O) groups is 2. The second kappa shape index (κ2) is 6.43. The summed E-state index contributed by atoms with van der Waals surface area (Å²) in [7, 11) is 0. The van der Waals surface area contributed by atoms with Crippen LogP contribution in [0.5, 0.6) is 0 Å². The number of aromatic amines is 1. The van der Waals surface area contributed by atoms with Crippen LogP contribution in [-0.4, -0.2) is 16.8 Å². The quantitative estimate of drug-likeness (QED) is 0.631. The third kappa shape index (κ3) is 2.89. The fourth-order valence-corrected chi connectivity index (χ4v) is 3.56. The number of H-pyrrole nitrogens is 1. The summed E-state index contributed by atoms with van der Waals surface area (Å²) in [5.41, 5.74) is 8.83. The van der Waals surface area contributed by atoms with E-state index in [1.807, 2.05) is 42.5 Å². The van der Waals surface area contributed by atoms with Gasteiger partial charge in [0.05, 0.1) is 11.5 Å². The maximum atomic E-state index is 12.6. The van der Waals surface area contributed by atoms with Gasteiger partial charge in [0, 0.05) is 17.1 Å². The SMILES string of the molecule is O=C(NNC(=O)C1CCCc2ccccc21)c1c[nH]c2ccccc12. The van der Waals surface area contributed by atoms with E-state index in [0.717, 1.165) is 35.7 Å². The third-order valence-corrected chi connectivity index (χ3v) is 4.82. The van der Waals surface area contributed by atoms with Gasteiger partial charge in [0.1, 0.15) is 0 Å². The number of fused-ring (bicyclic) bond motifs is 2. The van der Waals surface area contributed by atoms with Gasteiger partial charge in [-0.2, -0.15) is 0 Å². The largest absolute Gasteiger partial charge is 0.360 e. The van der Waals surface area contributed by atoms with E-state index in [-0.39, 0.29) is 17.7 Å². The van der Waals surface area contributed by atoms with Gasteiger partial charge in [-0.3, -0.25) is 20.4 Å². The van der Waals surface area contributed by atoms with Crippen LogP contribution in [0.3, 0.4) is 0 Å². The smallest absolute Gasteiger partial charge is 0.271 e. The number of rotatable bonds is 2. The summed E-state index contributed by atoms with van der Waals surface area (Å²) >= 11 is 0. The van der Waals surface area contributed by atoms with E-state index in [0.29, 0.717) is 5.56 Å². The maximum absolute atomic E-state index is 12.6. The molecule has 1 heterocycles. The molecule has 0 saturated heterocycles. The van der Waals surface area contributed by atoms with E-state index in [1.54, 1.807) is 6.20 Å². The fraction of sp³-hybridized carbons (Fsp3) is 0.200. The van der Waals surface area contributed by atoms with E-state index >= 15 is 0 Å². The molecule has 2 amide bonds. The van der Waals surface area contributed by atoms with Crippen molar-refractivity contribution in [1.82, 2.24) is 15.8 Å². The van der Waals surface area contributed by atoms with Crippen molar-refractivity contribution in [2.24, 2.45) is 0 Å². The van der Waals surface area contributed by atoms with E-state index in [9.17, 15) is 9.59 Å². The van der Waals surface area contributed by atoms with Crippen molar-refractivity contribution >= 4 is 22.7 Å². The highest BCUT2D eigenvalue weighted by Crippen LogP contribution is 2.31. The first-order chi connectivity index (χ1) is 12.2. The molecule has 0 bridgehead atoms. The monoisotopic (exact) mass is 333 g/mol. The number of amides is 2. The molecule has 5 nitrogen and oxygen atoms in total. The summed E-state index contributed by atoms with van der Waals surface area (Å²) in [6.07, 6.45) is 4.43. The van der Waals surface area contributed by atoms with Crippen LogP contribution in [0.1, 0.15) is 40.2 Å². The molecule has 25 heavy (non-hydrogen) atoms. The number of hydrazine groups is 1. The minimum atomic E-state index is -0.324. The Hall–Kier alpha value is -3.08. The molecule has 2 aromatic carbocycles. The number of hydrogen-bond donors (Lipinski definition) is 3. The molecule has 1 aromatic heterocycles. The van der Waals surface area contributed by atoms with Crippen LogP contribution < -0.4 is 10.9 Å². The predicted octanol–water partition coefficient (Wildman–Crippen LogP) is 3.05. The van der Waals surface area contributed by atoms with Gasteiger partial charge in [-0.05, 0) is 36.5 Å². The summed E-state index contributed by atoms with van der Waals surface area (Å²) in [6, 6.07) is 15.6. The minimum Gasteiger partial charge on any atom is -0.360 e. The highest BCUT2D eigenvalue weighted by atomic mass is 16.2. The van der Waals surface area contributed by atoms with E-state index in [4.69, 9.17) is 0 Å². The summed E-state index contributed by atoms with van der Waals surface area (Å²) in [6.45, 7) is 0. The Morgan fingerprint density at radius 2 is 1.80 bits per heavy atom. The highest BCUT2D eigenvalue weighted by Gasteiger charge is 2.26. The van der Waals surface area contributed by atoms with Gasteiger partial charge >= 0.3 is 0 Å². The van der Waals surface area contributed by atoms with Crippen LogP contribution in [-0.2, 0) is 11.2 Å². The molecule has 4 rings (SSSR count). The summed E-state index contributed by atoms with van der Waals surface area (Å²) in [4.78, 5) is 28.0. The molecule has 3 N–H and O–H groups in total. The van der Waals surface area contributed by atoms with Crippen molar-refractivity contribution in [3.63, 3.8) is 0 Å². The highest BCUT2D eigenvalue weighted by molar-refractivity contribution is 6.07. The normalized spacial score (nSPS) is 16.2. The number of aryl methyl sites for hydroxylation is 1. The van der Waals surface area contributed by atoms with Crippen molar-refractivity contribution in [1.29, 1.82) is 0 Å². The molecule has 126 valence electrons. The molecule has 0 aliphatic heterocycles. The molecular weight excluding hydrogens is 314 g/mol. The van der Waals surface area contributed by atoms with Gasteiger partial charge in [0.15, 0.2) is 0 Å². The molecule has 1 aliphatic rings. The zero-order valence-electron chi connectivity index (χ0n) is 13.7. The first-order valence-electron chi connectivity index (χ1n) is 8.48. The molecule has 0 radical (unpaired) electrons. The van der Waals surface area contributed by atoms with Crippen molar-refractivity contribution in [3.05, 3.63) is 71.4 Å². The molecular formula is C20H19N3O2. The van der Waals surface area contributed by atoms with Crippen molar-refractivity contribution in [3.8, 4) is 0 Å². The van der Waals surface area contributed by atoms with Crippen molar-refractivity contribution in [2.75, 3.05) is 0 Å². The Balaban J connectivity index is 1.47. The average molecular weight is 333 g/mol. The molecule has 0 fully saturated rings. The summed E-state index contributed by atoms with van der Waals surface area (Å²) in [5.74, 6) is -0.705. The third-order valence-electron chi connectivity index (χ3n) is 4.82. The van der Waals surface area contributed by atoms with Gasteiger partial charge in [-0.25, -0.2) is 0 Å². The summed E-state index contributed by atoms with van der Waals surface area (Å²) in [5, 5.41) is 0.831. The lowest BCUT2D eigenvalue weighted by atomic mass is 9.82. The van der Waals surface area contributed by atoms with Crippen molar-refractivity contribution < 1.29 is 9.59 Å². The topological polar surface area (TPSA) is 74.0 Å². The maximum Gasteiger partial charge on any atom is 0.271 e. The molecule has 1 unspecified atom stereocenters. The average Bonchev–Trinajstić information content (AvgIpc) is 3.09. The molecule has 5 heteroatoms. The fourth-order valence-electron chi connectivity index (χ4n) is 3.56. The van der Waals surface area contributed by atoms with Crippen LogP contribution in [0.4, 0.5) is 0 Å². The Morgan fingerprint density at radius 1 is 1.00 bits per heavy atom. The Kier molecular flexibility index (Phi) is 3.98. The lowest BCUT2D eigenvalue weighted by molar-refractivity contribution is -0.123. The molecule has 0 saturated carbocycles. The minimum absolute atomic E-state index is 0.166. The molecule has 1 aliphatic carbocycles. The van der Waals surface area contributed by atoms with Gasteiger partial charge in [0.25, 0.3) is 5.91 Å². The van der Waals surface area contributed by atoms with Crippen LogP contribution in [0, 0.1) is 0 Å². The Labute approximate surface area is 145 Å². The van der Waals surface area contributed by atoms with E-state index in [1.165, 1.54) is 5.56 Å². The van der Waals surface area contributed by atoms with E-state index < -0.39 is 0 Å².